The molecule has 0 spiro atoms. The number of benzene rings is 2. The number of nitrogens with one attached hydrogen (secondary N) is 1. The van der Waals surface area contributed by atoms with Gasteiger partial charge in [0.2, 0.25) is 0 Å². The lowest BCUT2D eigenvalue weighted by Gasteiger charge is -2.23. The van der Waals surface area contributed by atoms with Gasteiger partial charge < -0.3 is 10.2 Å². The molecular weight excluding hydrogens is 426 g/mol. The quantitative estimate of drug-likeness (QED) is 0.493. The van der Waals surface area contributed by atoms with Crippen molar-refractivity contribution in [2.24, 2.45) is 0 Å². The van der Waals surface area contributed by atoms with E-state index in [2.05, 4.69) is 10.4 Å². The molecule has 8 heteroatoms. The van der Waals surface area contributed by atoms with E-state index in [0.29, 0.717) is 16.8 Å². The minimum Gasteiger partial charge on any atom is -0.355 e. The Bertz CT molecular complexity index is 1380. The summed E-state index contributed by atoms with van der Waals surface area (Å²) in [6.45, 7) is 0. The average molecular weight is 446 g/mol. The number of nitrogens with zero attached hydrogens (tertiary/aromatic N) is 3. The molecule has 2 aromatic carbocycles. The molecule has 1 aliphatic rings. The molecule has 2 aromatic heterocycles. The number of hydrogen-bond acceptors (Lipinski definition) is 3. The molecule has 2 amide bonds. The maximum absolute atomic E-state index is 13.8. The minimum atomic E-state index is -0.986. The van der Waals surface area contributed by atoms with Crippen LogP contribution in [-0.4, -0.2) is 34.5 Å². The molecule has 0 aliphatic heterocycles. The van der Waals surface area contributed by atoms with Crippen LogP contribution in [0.4, 0.5) is 14.5 Å². The summed E-state index contributed by atoms with van der Waals surface area (Å²) in [5.41, 5.74) is 3.67. The van der Waals surface area contributed by atoms with Gasteiger partial charge in [-0.2, -0.15) is 5.10 Å². The summed E-state index contributed by atoms with van der Waals surface area (Å²) >= 11 is 0. The summed E-state index contributed by atoms with van der Waals surface area (Å²) < 4.78 is 28.9. The lowest BCUT2D eigenvalue weighted by molar-refractivity contribution is 0.0960. The molecule has 1 fully saturated rings. The summed E-state index contributed by atoms with van der Waals surface area (Å²) in [6, 6.07) is 14.0. The molecular formula is C25H20F2N4O2. The van der Waals surface area contributed by atoms with E-state index in [-0.39, 0.29) is 17.9 Å². The second-order valence-corrected chi connectivity index (χ2v) is 7.96. The molecule has 4 aromatic rings. The summed E-state index contributed by atoms with van der Waals surface area (Å²) in [5, 5.41) is 6.95. The van der Waals surface area contributed by atoms with E-state index in [1.165, 1.54) is 11.0 Å². The van der Waals surface area contributed by atoms with Gasteiger partial charge in [-0.15, -0.1) is 0 Å². The fourth-order valence-electron chi connectivity index (χ4n) is 3.88. The largest absolute Gasteiger partial charge is 0.355 e. The first-order valence-corrected chi connectivity index (χ1v) is 10.5. The molecule has 1 saturated carbocycles. The van der Waals surface area contributed by atoms with Crippen molar-refractivity contribution in [2.75, 3.05) is 11.9 Å². The Hall–Kier alpha value is -4.07. The first-order chi connectivity index (χ1) is 16.0. The average Bonchev–Trinajstić information content (AvgIpc) is 3.58. The van der Waals surface area contributed by atoms with Crippen LogP contribution >= 0.6 is 0 Å². The van der Waals surface area contributed by atoms with E-state index in [4.69, 9.17) is 0 Å². The van der Waals surface area contributed by atoms with Crippen molar-refractivity contribution < 1.29 is 18.4 Å². The van der Waals surface area contributed by atoms with Crippen LogP contribution in [-0.2, 0) is 0 Å². The monoisotopic (exact) mass is 446 g/mol. The third-order valence-corrected chi connectivity index (χ3v) is 5.77. The summed E-state index contributed by atoms with van der Waals surface area (Å²) in [4.78, 5) is 26.8. The highest BCUT2D eigenvalue weighted by atomic mass is 19.2. The van der Waals surface area contributed by atoms with Gasteiger partial charge in [0.25, 0.3) is 11.8 Å². The molecule has 0 radical (unpaired) electrons. The molecule has 33 heavy (non-hydrogen) atoms. The zero-order valence-corrected chi connectivity index (χ0v) is 17.8. The third kappa shape index (κ3) is 3.84. The highest BCUT2D eigenvalue weighted by Gasteiger charge is 2.35. The highest BCUT2D eigenvalue weighted by molar-refractivity contribution is 6.08. The van der Waals surface area contributed by atoms with E-state index >= 15 is 0 Å². The predicted molar refractivity (Wildman–Crippen MR) is 120 cm³/mol. The maximum atomic E-state index is 13.8. The number of fused-ring (bicyclic) bond motifs is 1. The first-order valence-electron chi connectivity index (χ1n) is 10.5. The fourth-order valence-corrected chi connectivity index (χ4v) is 3.88. The van der Waals surface area contributed by atoms with Gasteiger partial charge in [-0.25, -0.2) is 13.3 Å². The van der Waals surface area contributed by atoms with Crippen LogP contribution < -0.4 is 10.2 Å². The normalized spacial score (nSPS) is 13.2. The lowest BCUT2D eigenvalue weighted by Crippen LogP contribution is -2.33. The molecule has 1 N–H and O–H groups in total. The van der Waals surface area contributed by atoms with Crippen molar-refractivity contribution in [1.29, 1.82) is 0 Å². The number of carbonyl (C=O) groups excluding carboxylic acids is 2. The van der Waals surface area contributed by atoms with Crippen LogP contribution in [0.25, 0.3) is 16.6 Å². The van der Waals surface area contributed by atoms with Gasteiger partial charge in [0.1, 0.15) is 0 Å². The van der Waals surface area contributed by atoms with Gasteiger partial charge in [0.15, 0.2) is 11.6 Å². The van der Waals surface area contributed by atoms with Crippen molar-refractivity contribution in [3.05, 3.63) is 89.8 Å². The zero-order valence-electron chi connectivity index (χ0n) is 17.8. The highest BCUT2D eigenvalue weighted by Crippen LogP contribution is 2.34. The van der Waals surface area contributed by atoms with E-state index in [1.54, 1.807) is 48.2 Å². The molecule has 6 nitrogen and oxygen atoms in total. The van der Waals surface area contributed by atoms with Crippen molar-refractivity contribution in [3.8, 4) is 11.1 Å². The second-order valence-electron chi connectivity index (χ2n) is 7.96. The maximum Gasteiger partial charge on any atom is 0.258 e. The van der Waals surface area contributed by atoms with Gasteiger partial charge in [0.05, 0.1) is 11.7 Å². The Morgan fingerprint density at radius 1 is 1.00 bits per heavy atom. The fraction of sp³-hybridized carbons (Fsp3) is 0.160. The van der Waals surface area contributed by atoms with Crippen LogP contribution in [0.15, 0.2) is 67.0 Å². The standard InChI is InChI=1S/C25H20F2N4O2/c1-28-24(32)16-4-2-15(3-5-16)20-14-29-30-11-10-17(12-23(20)30)25(33)31(18-6-7-18)19-8-9-21(26)22(27)13-19/h2-5,8-14,18H,6-7H2,1H3,(H,28,32). The SMILES string of the molecule is CNC(=O)c1ccc(-c2cnn3ccc(C(=O)N(c4ccc(F)c(F)c4)C4CC4)cc23)cc1. The molecule has 0 bridgehead atoms. The van der Waals surface area contributed by atoms with Gasteiger partial charge in [-0.05, 0) is 54.8 Å². The number of anilines is 1. The number of rotatable bonds is 5. The van der Waals surface area contributed by atoms with Crippen molar-refractivity contribution in [2.45, 2.75) is 18.9 Å². The second kappa shape index (κ2) is 8.12. The van der Waals surface area contributed by atoms with E-state index in [0.717, 1.165) is 41.6 Å². The number of pyridine rings is 1. The number of hydrogen-bond donors (Lipinski definition) is 1. The van der Waals surface area contributed by atoms with E-state index < -0.39 is 11.6 Å². The zero-order chi connectivity index (χ0) is 23.1. The van der Waals surface area contributed by atoms with Crippen LogP contribution in [0.5, 0.6) is 0 Å². The summed E-state index contributed by atoms with van der Waals surface area (Å²) in [6.07, 6.45) is 5.01. The molecule has 1 aliphatic carbocycles. The molecule has 2 heterocycles. The van der Waals surface area contributed by atoms with Gasteiger partial charge in [-0.1, -0.05) is 12.1 Å². The van der Waals surface area contributed by atoms with E-state index in [1.807, 2.05) is 12.1 Å². The number of amides is 2. The van der Waals surface area contributed by atoms with Crippen molar-refractivity contribution in [1.82, 2.24) is 14.9 Å². The Morgan fingerprint density at radius 3 is 2.42 bits per heavy atom. The van der Waals surface area contributed by atoms with Crippen LogP contribution in [0.2, 0.25) is 0 Å². The Labute approximate surface area is 188 Å². The van der Waals surface area contributed by atoms with Gasteiger partial charge >= 0.3 is 0 Å². The molecule has 166 valence electrons. The first kappa shape index (κ1) is 20.8. The van der Waals surface area contributed by atoms with Gasteiger partial charge in [-0.3, -0.25) is 9.59 Å². The minimum absolute atomic E-state index is 0.0415. The summed E-state index contributed by atoms with van der Waals surface area (Å²) in [7, 11) is 1.57. The van der Waals surface area contributed by atoms with Crippen LogP contribution in [0.1, 0.15) is 33.6 Å². The van der Waals surface area contributed by atoms with Gasteiger partial charge in [0, 0.05) is 47.7 Å². The molecule has 5 rings (SSSR count). The van der Waals surface area contributed by atoms with Crippen molar-refractivity contribution >= 4 is 23.0 Å². The number of aromatic nitrogens is 2. The molecule has 0 saturated heterocycles. The Kier molecular flexibility index (Phi) is 5.12. The van der Waals surface area contributed by atoms with E-state index in [9.17, 15) is 18.4 Å². The number of halogens is 2. The lowest BCUT2D eigenvalue weighted by atomic mass is 10.0. The predicted octanol–water partition coefficient (Wildman–Crippen LogP) is 4.45. The topological polar surface area (TPSA) is 66.7 Å². The third-order valence-electron chi connectivity index (χ3n) is 5.77. The van der Waals surface area contributed by atoms with Crippen LogP contribution in [0.3, 0.4) is 0 Å². The number of carbonyl (C=O) groups is 2. The molecule has 0 unspecified atom stereocenters. The van der Waals surface area contributed by atoms with Crippen molar-refractivity contribution in [3.63, 3.8) is 0 Å². The summed E-state index contributed by atoms with van der Waals surface area (Å²) in [5.74, 6) is -2.39. The smallest absolute Gasteiger partial charge is 0.258 e. The Balaban J connectivity index is 1.51. The Morgan fingerprint density at radius 2 is 1.76 bits per heavy atom. The molecule has 0 atom stereocenters. The van der Waals surface area contributed by atoms with Crippen LogP contribution in [0, 0.1) is 11.6 Å².